The van der Waals surface area contributed by atoms with Gasteiger partial charge in [-0.3, -0.25) is 0 Å². The Morgan fingerprint density at radius 2 is 2.12 bits per heavy atom. The number of aromatic hydroxyl groups is 1. The highest BCUT2D eigenvalue weighted by Gasteiger charge is 2.31. The lowest BCUT2D eigenvalue weighted by atomic mass is 10.0. The summed E-state index contributed by atoms with van der Waals surface area (Å²) in [5.74, 6) is -0.358. The molecule has 0 aromatic heterocycles. The predicted molar refractivity (Wildman–Crippen MR) is 54.7 cm³/mol. The molecule has 1 aromatic carbocycles. The van der Waals surface area contributed by atoms with Crippen LogP contribution < -0.4 is 5.32 Å². The number of hydrogen-bond donors (Lipinski definition) is 2. The highest BCUT2D eigenvalue weighted by molar-refractivity contribution is 5.39. The third kappa shape index (κ3) is 2.70. The summed E-state index contributed by atoms with van der Waals surface area (Å²) >= 11 is 0. The number of alkyl halides is 3. The Bertz CT molecular complexity index is 400. The second kappa shape index (κ2) is 4.54. The van der Waals surface area contributed by atoms with E-state index in [-0.39, 0.29) is 11.8 Å². The maximum absolute atomic E-state index is 12.4. The van der Waals surface area contributed by atoms with Crippen LogP contribution in [-0.4, -0.2) is 24.9 Å². The van der Waals surface area contributed by atoms with E-state index in [1.54, 1.807) is 0 Å². The van der Waals surface area contributed by atoms with Gasteiger partial charge in [0.15, 0.2) is 0 Å². The van der Waals surface area contributed by atoms with Crippen molar-refractivity contribution in [1.29, 1.82) is 0 Å². The van der Waals surface area contributed by atoms with E-state index in [4.69, 9.17) is 4.74 Å². The second-order valence-corrected chi connectivity index (χ2v) is 3.85. The first-order chi connectivity index (χ1) is 7.98. The fourth-order valence-corrected chi connectivity index (χ4v) is 1.78. The third-order valence-corrected chi connectivity index (χ3v) is 2.65. The van der Waals surface area contributed by atoms with Crippen LogP contribution >= 0.6 is 0 Å². The topological polar surface area (TPSA) is 41.5 Å². The molecule has 0 aliphatic carbocycles. The monoisotopic (exact) mass is 247 g/mol. The number of ether oxygens (including phenoxy) is 1. The minimum atomic E-state index is -4.44. The van der Waals surface area contributed by atoms with E-state index in [9.17, 15) is 18.3 Å². The van der Waals surface area contributed by atoms with Crippen molar-refractivity contribution in [2.45, 2.75) is 12.2 Å². The van der Waals surface area contributed by atoms with Crippen molar-refractivity contribution in [3.8, 4) is 5.75 Å². The molecule has 6 heteroatoms. The predicted octanol–water partition coefficient (Wildman–Crippen LogP) is 2.07. The fraction of sp³-hybridized carbons (Fsp3) is 0.455. The van der Waals surface area contributed by atoms with E-state index in [1.807, 2.05) is 0 Å². The Labute approximate surface area is 96.2 Å². The van der Waals surface area contributed by atoms with Gasteiger partial charge in [0.05, 0.1) is 24.8 Å². The van der Waals surface area contributed by atoms with Crippen molar-refractivity contribution in [3.05, 3.63) is 29.3 Å². The minimum Gasteiger partial charge on any atom is -0.508 e. The van der Waals surface area contributed by atoms with Gasteiger partial charge in [-0.1, -0.05) is 6.07 Å². The summed E-state index contributed by atoms with van der Waals surface area (Å²) in [6.07, 6.45) is -4.44. The van der Waals surface area contributed by atoms with Crippen LogP contribution in [0.3, 0.4) is 0 Å². The molecule has 0 spiro atoms. The summed E-state index contributed by atoms with van der Waals surface area (Å²) in [4.78, 5) is 0. The molecule has 1 aromatic rings. The van der Waals surface area contributed by atoms with Crippen LogP contribution in [0.2, 0.25) is 0 Å². The molecule has 0 radical (unpaired) electrons. The standard InChI is InChI=1S/C11H12F3NO2/c12-11(13,14)7-1-2-8(10(16)5-7)9-6-17-4-3-15-9/h1-2,5,9,15-16H,3-4,6H2. The Balaban J connectivity index is 2.25. The van der Waals surface area contributed by atoms with Crippen molar-refractivity contribution >= 4 is 0 Å². The largest absolute Gasteiger partial charge is 0.508 e. The quantitative estimate of drug-likeness (QED) is 0.798. The number of nitrogens with one attached hydrogen (secondary N) is 1. The van der Waals surface area contributed by atoms with Gasteiger partial charge in [0.25, 0.3) is 0 Å². The van der Waals surface area contributed by atoms with Gasteiger partial charge < -0.3 is 15.2 Å². The molecule has 94 valence electrons. The van der Waals surface area contributed by atoms with E-state index in [2.05, 4.69) is 5.32 Å². The molecule has 2 N–H and O–H groups in total. The summed E-state index contributed by atoms with van der Waals surface area (Å²) in [5, 5.41) is 12.7. The van der Waals surface area contributed by atoms with E-state index >= 15 is 0 Å². The molecule has 1 heterocycles. The van der Waals surface area contributed by atoms with E-state index in [0.717, 1.165) is 12.1 Å². The molecular formula is C11H12F3NO2. The van der Waals surface area contributed by atoms with Crippen LogP contribution in [0, 0.1) is 0 Å². The molecule has 2 rings (SSSR count). The molecule has 1 aliphatic rings. The number of phenols is 1. The van der Waals surface area contributed by atoms with Gasteiger partial charge in [-0.25, -0.2) is 0 Å². The zero-order valence-electron chi connectivity index (χ0n) is 8.92. The summed E-state index contributed by atoms with van der Waals surface area (Å²) in [6, 6.07) is 2.73. The molecule has 1 aliphatic heterocycles. The molecule has 0 saturated carbocycles. The van der Waals surface area contributed by atoms with Gasteiger partial charge in [0, 0.05) is 12.1 Å². The molecule has 1 unspecified atom stereocenters. The summed E-state index contributed by atoms with van der Waals surface area (Å²) in [6.45, 7) is 1.53. The van der Waals surface area contributed by atoms with Gasteiger partial charge >= 0.3 is 6.18 Å². The van der Waals surface area contributed by atoms with Gasteiger partial charge in [-0.05, 0) is 12.1 Å². The first-order valence-corrected chi connectivity index (χ1v) is 5.20. The Hall–Kier alpha value is -1.27. The van der Waals surface area contributed by atoms with Gasteiger partial charge in [0.1, 0.15) is 5.75 Å². The maximum Gasteiger partial charge on any atom is 0.416 e. The number of morpholine rings is 1. The fourth-order valence-electron chi connectivity index (χ4n) is 1.78. The second-order valence-electron chi connectivity index (χ2n) is 3.85. The minimum absolute atomic E-state index is 0.258. The summed E-state index contributed by atoms with van der Waals surface area (Å²) in [5.41, 5.74) is -0.423. The lowest BCUT2D eigenvalue weighted by molar-refractivity contribution is -0.137. The lowest BCUT2D eigenvalue weighted by Crippen LogP contribution is -2.34. The highest BCUT2D eigenvalue weighted by atomic mass is 19.4. The van der Waals surface area contributed by atoms with Gasteiger partial charge in [0.2, 0.25) is 0 Å². The molecular weight excluding hydrogens is 235 g/mol. The normalized spacial score (nSPS) is 21.5. The zero-order valence-corrected chi connectivity index (χ0v) is 8.92. The first-order valence-electron chi connectivity index (χ1n) is 5.20. The first kappa shape index (κ1) is 12.2. The SMILES string of the molecule is Oc1cc(C(F)(F)F)ccc1C1COCCN1. The van der Waals surface area contributed by atoms with Crippen molar-refractivity contribution in [2.75, 3.05) is 19.8 Å². The lowest BCUT2D eigenvalue weighted by Gasteiger charge is -2.25. The van der Waals surface area contributed by atoms with Crippen molar-refractivity contribution < 1.29 is 23.0 Å². The van der Waals surface area contributed by atoms with Crippen LogP contribution in [0.1, 0.15) is 17.2 Å². The number of hydrogen-bond acceptors (Lipinski definition) is 3. The summed E-state index contributed by atoms with van der Waals surface area (Å²) in [7, 11) is 0. The van der Waals surface area contributed by atoms with E-state index in [1.165, 1.54) is 6.07 Å². The molecule has 1 fully saturated rings. The number of halogens is 3. The molecule has 1 saturated heterocycles. The zero-order chi connectivity index (χ0) is 12.5. The maximum atomic E-state index is 12.4. The Morgan fingerprint density at radius 1 is 1.35 bits per heavy atom. The highest BCUT2D eigenvalue weighted by Crippen LogP contribution is 2.34. The average molecular weight is 247 g/mol. The van der Waals surface area contributed by atoms with E-state index in [0.29, 0.717) is 25.3 Å². The number of rotatable bonds is 1. The molecule has 17 heavy (non-hydrogen) atoms. The Kier molecular flexibility index (Phi) is 3.26. The van der Waals surface area contributed by atoms with Gasteiger partial charge in [-0.2, -0.15) is 13.2 Å². The third-order valence-electron chi connectivity index (χ3n) is 2.65. The Morgan fingerprint density at radius 3 is 2.65 bits per heavy atom. The van der Waals surface area contributed by atoms with Crippen molar-refractivity contribution in [3.63, 3.8) is 0 Å². The summed E-state index contributed by atoms with van der Waals surface area (Å²) < 4.78 is 42.4. The number of phenolic OH excluding ortho intramolecular Hbond substituents is 1. The molecule has 0 amide bonds. The van der Waals surface area contributed by atoms with Crippen LogP contribution in [-0.2, 0) is 10.9 Å². The van der Waals surface area contributed by atoms with Crippen molar-refractivity contribution in [1.82, 2.24) is 5.32 Å². The number of benzene rings is 1. The van der Waals surface area contributed by atoms with Crippen LogP contribution in [0.5, 0.6) is 5.75 Å². The average Bonchev–Trinajstić information content (AvgIpc) is 2.29. The molecule has 1 atom stereocenters. The van der Waals surface area contributed by atoms with Crippen molar-refractivity contribution in [2.24, 2.45) is 0 Å². The van der Waals surface area contributed by atoms with Crippen LogP contribution in [0.15, 0.2) is 18.2 Å². The van der Waals surface area contributed by atoms with Crippen LogP contribution in [0.25, 0.3) is 0 Å². The van der Waals surface area contributed by atoms with Crippen LogP contribution in [0.4, 0.5) is 13.2 Å². The molecule has 3 nitrogen and oxygen atoms in total. The molecule has 0 bridgehead atoms. The smallest absolute Gasteiger partial charge is 0.416 e. The van der Waals surface area contributed by atoms with Gasteiger partial charge in [-0.15, -0.1) is 0 Å². The van der Waals surface area contributed by atoms with E-state index < -0.39 is 11.7 Å².